The molecule has 1 amide bonds. The molecule has 1 aromatic heterocycles. The molecule has 220 valence electrons. The molecule has 3 heterocycles. The first kappa shape index (κ1) is 28.3. The van der Waals surface area contributed by atoms with E-state index >= 15 is 0 Å². The Morgan fingerprint density at radius 2 is 1.81 bits per heavy atom. The summed E-state index contributed by atoms with van der Waals surface area (Å²) in [6.45, 7) is 6.44. The fraction of sp³-hybridized carbons (Fsp3) is 0.382. The number of hydrogen-bond donors (Lipinski definition) is 1. The maximum absolute atomic E-state index is 14.5. The molecule has 0 fully saturated rings. The van der Waals surface area contributed by atoms with Crippen LogP contribution in [0.3, 0.4) is 0 Å². The molecule has 4 aromatic rings. The van der Waals surface area contributed by atoms with Crippen molar-refractivity contribution in [3.63, 3.8) is 0 Å². The molecular formula is C34H39N3O5. The number of aliphatic hydroxyl groups excluding tert-OH is 1. The lowest BCUT2D eigenvalue weighted by Gasteiger charge is -2.35. The van der Waals surface area contributed by atoms with E-state index in [0.29, 0.717) is 31.9 Å². The first-order valence-electron chi connectivity index (χ1n) is 14.6. The zero-order valence-corrected chi connectivity index (χ0v) is 24.7. The predicted octanol–water partition coefficient (Wildman–Crippen LogP) is 5.06. The van der Waals surface area contributed by atoms with Crippen molar-refractivity contribution in [2.45, 2.75) is 39.1 Å². The van der Waals surface area contributed by atoms with Crippen LogP contribution in [0.25, 0.3) is 22.0 Å². The lowest BCUT2D eigenvalue weighted by Crippen LogP contribution is -2.47. The van der Waals surface area contributed by atoms with Crippen molar-refractivity contribution in [2.75, 3.05) is 33.5 Å². The van der Waals surface area contributed by atoms with Gasteiger partial charge in [0.1, 0.15) is 5.69 Å². The van der Waals surface area contributed by atoms with Gasteiger partial charge in [-0.05, 0) is 48.9 Å². The largest absolute Gasteiger partial charge is 0.454 e. The van der Waals surface area contributed by atoms with Crippen LogP contribution < -0.4 is 9.47 Å². The van der Waals surface area contributed by atoms with Crippen molar-refractivity contribution in [1.82, 2.24) is 14.4 Å². The molecule has 1 N–H and O–H groups in total. The first-order valence-corrected chi connectivity index (χ1v) is 14.6. The zero-order chi connectivity index (χ0) is 29.4. The summed E-state index contributed by atoms with van der Waals surface area (Å²) in [5.41, 5.74) is 5.71. The minimum absolute atomic E-state index is 0.00514. The van der Waals surface area contributed by atoms with Gasteiger partial charge in [0, 0.05) is 49.1 Å². The number of ether oxygens (including phenoxy) is 3. The number of likely N-dealkylation sites (N-methyl/N-ethyl adjacent to an activating group) is 1. The number of amides is 1. The number of carbonyl (C=O) groups excluding carboxylic acids is 1. The molecule has 2 aliphatic heterocycles. The highest BCUT2D eigenvalue weighted by atomic mass is 16.7. The average molecular weight is 570 g/mol. The SMILES string of the molecule is C[C@H]1CN([C@@H](C)CO)C(=O)c2c(c3ccccc3n2C)-c2ccccc2CO[C@@H]1CN(C)Cc1ccc2c(c1)OCO2. The van der Waals surface area contributed by atoms with Crippen molar-refractivity contribution in [1.29, 1.82) is 0 Å². The predicted molar refractivity (Wildman–Crippen MR) is 163 cm³/mol. The highest BCUT2D eigenvalue weighted by molar-refractivity contribution is 6.10. The van der Waals surface area contributed by atoms with Gasteiger partial charge in [-0.25, -0.2) is 0 Å². The summed E-state index contributed by atoms with van der Waals surface area (Å²) in [7, 11) is 4.04. The van der Waals surface area contributed by atoms with Crippen LogP contribution in [-0.4, -0.2) is 71.1 Å². The van der Waals surface area contributed by atoms with Crippen LogP contribution in [-0.2, 0) is 24.9 Å². The third kappa shape index (κ3) is 5.26. The topological polar surface area (TPSA) is 76.4 Å². The van der Waals surface area contributed by atoms with Crippen LogP contribution in [0, 0.1) is 5.92 Å². The molecule has 3 aromatic carbocycles. The lowest BCUT2D eigenvalue weighted by molar-refractivity contribution is -0.0242. The Morgan fingerprint density at radius 1 is 1.05 bits per heavy atom. The van der Waals surface area contributed by atoms with Gasteiger partial charge in [-0.15, -0.1) is 0 Å². The van der Waals surface area contributed by atoms with Gasteiger partial charge < -0.3 is 28.8 Å². The van der Waals surface area contributed by atoms with Gasteiger partial charge in [-0.1, -0.05) is 55.5 Å². The van der Waals surface area contributed by atoms with Gasteiger partial charge in [0.15, 0.2) is 11.5 Å². The van der Waals surface area contributed by atoms with Crippen LogP contribution in [0.15, 0.2) is 66.7 Å². The normalized spacial score (nSPS) is 19.5. The smallest absolute Gasteiger partial charge is 0.271 e. The number of aliphatic hydroxyl groups is 1. The summed E-state index contributed by atoms with van der Waals surface area (Å²) in [6, 6.07) is 22.1. The summed E-state index contributed by atoms with van der Waals surface area (Å²) in [5.74, 6) is 1.47. The van der Waals surface area contributed by atoms with Crippen LogP contribution in [0.1, 0.15) is 35.5 Å². The Bertz CT molecular complexity index is 1600. The molecule has 0 unspecified atom stereocenters. The molecule has 42 heavy (non-hydrogen) atoms. The molecule has 3 atom stereocenters. The average Bonchev–Trinajstić information content (AvgIpc) is 3.58. The molecule has 8 heteroatoms. The van der Waals surface area contributed by atoms with Crippen LogP contribution >= 0.6 is 0 Å². The van der Waals surface area contributed by atoms with E-state index in [1.807, 2.05) is 59.8 Å². The van der Waals surface area contributed by atoms with Gasteiger partial charge in [0.2, 0.25) is 6.79 Å². The first-order chi connectivity index (χ1) is 20.4. The van der Waals surface area contributed by atoms with Gasteiger partial charge in [0.25, 0.3) is 5.91 Å². The number of nitrogens with zero attached hydrogens (tertiary/aromatic N) is 3. The van der Waals surface area contributed by atoms with Gasteiger partial charge in [-0.3, -0.25) is 9.69 Å². The van der Waals surface area contributed by atoms with Gasteiger partial charge in [0.05, 0.1) is 25.4 Å². The minimum Gasteiger partial charge on any atom is -0.454 e. The summed E-state index contributed by atoms with van der Waals surface area (Å²) < 4.78 is 19.8. The van der Waals surface area contributed by atoms with E-state index in [1.165, 1.54) is 0 Å². The fourth-order valence-corrected chi connectivity index (χ4v) is 6.25. The number of rotatable bonds is 6. The van der Waals surface area contributed by atoms with Crippen LogP contribution in [0.5, 0.6) is 11.5 Å². The van der Waals surface area contributed by atoms with Crippen molar-refractivity contribution in [2.24, 2.45) is 13.0 Å². The van der Waals surface area contributed by atoms with Crippen molar-refractivity contribution >= 4 is 16.8 Å². The van der Waals surface area contributed by atoms with E-state index in [1.54, 1.807) is 0 Å². The molecule has 2 aliphatic rings. The number of aromatic nitrogens is 1. The van der Waals surface area contributed by atoms with Crippen molar-refractivity contribution in [3.05, 3.63) is 83.6 Å². The highest BCUT2D eigenvalue weighted by Gasteiger charge is 2.33. The number of fused-ring (bicyclic) bond motifs is 6. The Hall–Kier alpha value is -3.85. The lowest BCUT2D eigenvalue weighted by atomic mass is 9.96. The summed E-state index contributed by atoms with van der Waals surface area (Å²) >= 11 is 0. The second-order valence-electron chi connectivity index (χ2n) is 11.7. The molecular weight excluding hydrogens is 530 g/mol. The standard InChI is InChI=1S/C34H39N3O5/c1-22-16-37(23(2)19-38)34(39)33-32(27-11-7-8-12-28(27)36(33)4)26-10-6-5-9-25(26)20-40-31(22)18-35(3)17-24-13-14-29-30(15-24)42-21-41-29/h5-15,22-23,31,38H,16-21H2,1-4H3/t22-,23-,31+/m0/s1. The van der Waals surface area contributed by atoms with Crippen molar-refractivity contribution < 1.29 is 24.1 Å². The van der Waals surface area contributed by atoms with Gasteiger partial charge >= 0.3 is 0 Å². The Labute approximate surface area is 247 Å². The van der Waals surface area contributed by atoms with E-state index in [-0.39, 0.29) is 37.4 Å². The quantitative estimate of drug-likeness (QED) is 0.350. The molecule has 6 rings (SSSR count). The maximum atomic E-state index is 14.5. The van der Waals surface area contributed by atoms with Crippen LogP contribution in [0.2, 0.25) is 0 Å². The Morgan fingerprint density at radius 3 is 2.64 bits per heavy atom. The van der Waals surface area contributed by atoms with Crippen LogP contribution in [0.4, 0.5) is 0 Å². The minimum atomic E-state index is -0.353. The van der Waals surface area contributed by atoms with Crippen molar-refractivity contribution in [3.8, 4) is 22.6 Å². The zero-order valence-electron chi connectivity index (χ0n) is 24.7. The second kappa shape index (κ2) is 11.8. The highest BCUT2D eigenvalue weighted by Crippen LogP contribution is 2.38. The number of hydrogen-bond acceptors (Lipinski definition) is 6. The maximum Gasteiger partial charge on any atom is 0.271 e. The fourth-order valence-electron chi connectivity index (χ4n) is 6.25. The molecule has 0 saturated heterocycles. The number of para-hydroxylation sites is 1. The van der Waals surface area contributed by atoms with E-state index in [2.05, 4.69) is 49.2 Å². The molecule has 8 nitrogen and oxygen atoms in total. The third-order valence-electron chi connectivity index (χ3n) is 8.61. The number of carbonyl (C=O) groups is 1. The van der Waals surface area contributed by atoms with E-state index in [9.17, 15) is 9.90 Å². The molecule has 0 bridgehead atoms. The second-order valence-corrected chi connectivity index (χ2v) is 11.7. The van der Waals surface area contributed by atoms with Gasteiger partial charge in [-0.2, -0.15) is 0 Å². The van der Waals surface area contributed by atoms with E-state index < -0.39 is 0 Å². The Balaban J connectivity index is 1.37. The summed E-state index contributed by atoms with van der Waals surface area (Å²) in [6.07, 6.45) is -0.156. The van der Waals surface area contributed by atoms with E-state index in [4.69, 9.17) is 14.2 Å². The summed E-state index contributed by atoms with van der Waals surface area (Å²) in [5, 5.41) is 11.3. The monoisotopic (exact) mass is 569 g/mol. The molecule has 0 radical (unpaired) electrons. The molecule has 0 aliphatic carbocycles. The summed E-state index contributed by atoms with van der Waals surface area (Å²) in [4.78, 5) is 18.6. The molecule has 0 spiro atoms. The number of aryl methyl sites for hydroxylation is 1. The third-order valence-corrected chi connectivity index (χ3v) is 8.61. The van der Waals surface area contributed by atoms with E-state index in [0.717, 1.165) is 44.7 Å². The number of benzene rings is 3. The Kier molecular flexibility index (Phi) is 7.94. The molecule has 0 saturated carbocycles.